The number of benzene rings is 1. The third-order valence-corrected chi connectivity index (χ3v) is 3.41. The SMILES string of the molecule is O=C=NCCCCc1nc2ccccc2s1. The fourth-order valence-corrected chi connectivity index (χ4v) is 2.55. The molecule has 0 unspecified atom stereocenters. The Morgan fingerprint density at radius 1 is 1.31 bits per heavy atom. The highest BCUT2D eigenvalue weighted by molar-refractivity contribution is 7.18. The van der Waals surface area contributed by atoms with Gasteiger partial charge in [0.05, 0.1) is 21.8 Å². The van der Waals surface area contributed by atoms with E-state index in [1.807, 2.05) is 18.2 Å². The van der Waals surface area contributed by atoms with E-state index in [1.54, 1.807) is 17.4 Å². The standard InChI is InChI=1S/C12H12N2OS/c15-9-13-8-4-3-7-12-14-10-5-1-2-6-11(10)16-12/h1-2,5-6H,3-4,7-8H2. The molecule has 82 valence electrons. The molecule has 0 N–H and O–H groups in total. The molecular weight excluding hydrogens is 220 g/mol. The van der Waals surface area contributed by atoms with Crippen LogP contribution < -0.4 is 0 Å². The molecule has 0 aliphatic rings. The molecule has 0 spiro atoms. The predicted molar refractivity (Wildman–Crippen MR) is 65.5 cm³/mol. The van der Waals surface area contributed by atoms with Crippen LogP contribution in [0.3, 0.4) is 0 Å². The minimum Gasteiger partial charge on any atom is -0.241 e. The van der Waals surface area contributed by atoms with Crippen molar-refractivity contribution in [1.82, 2.24) is 4.98 Å². The van der Waals surface area contributed by atoms with E-state index in [9.17, 15) is 4.79 Å². The molecule has 0 aliphatic heterocycles. The summed E-state index contributed by atoms with van der Waals surface area (Å²) in [5.41, 5.74) is 1.08. The monoisotopic (exact) mass is 232 g/mol. The molecule has 0 atom stereocenters. The Kier molecular flexibility index (Phi) is 3.81. The van der Waals surface area contributed by atoms with Gasteiger partial charge in [0.1, 0.15) is 0 Å². The molecule has 0 aliphatic carbocycles. The van der Waals surface area contributed by atoms with Crippen molar-refractivity contribution < 1.29 is 4.79 Å². The molecule has 1 aromatic heterocycles. The average molecular weight is 232 g/mol. The van der Waals surface area contributed by atoms with Gasteiger partial charge in [-0.25, -0.2) is 14.8 Å². The lowest BCUT2D eigenvalue weighted by Gasteiger charge is -1.92. The topological polar surface area (TPSA) is 42.3 Å². The van der Waals surface area contributed by atoms with Crippen LogP contribution in [0.15, 0.2) is 29.3 Å². The van der Waals surface area contributed by atoms with Gasteiger partial charge in [-0.3, -0.25) is 0 Å². The molecule has 0 saturated carbocycles. The normalized spacial score (nSPS) is 10.2. The van der Waals surface area contributed by atoms with Crippen LogP contribution in [0.2, 0.25) is 0 Å². The van der Waals surface area contributed by atoms with Crippen LogP contribution in [0.25, 0.3) is 10.2 Å². The number of rotatable bonds is 5. The van der Waals surface area contributed by atoms with Crippen LogP contribution >= 0.6 is 11.3 Å². The highest BCUT2D eigenvalue weighted by Gasteiger charge is 2.02. The highest BCUT2D eigenvalue weighted by atomic mass is 32.1. The van der Waals surface area contributed by atoms with Crippen LogP contribution in [-0.4, -0.2) is 17.6 Å². The minimum absolute atomic E-state index is 0.578. The van der Waals surface area contributed by atoms with Gasteiger partial charge in [0.25, 0.3) is 0 Å². The molecular formula is C12H12N2OS. The smallest absolute Gasteiger partial charge is 0.234 e. The number of aromatic nitrogens is 1. The second kappa shape index (κ2) is 5.54. The van der Waals surface area contributed by atoms with Crippen molar-refractivity contribution in [2.75, 3.05) is 6.54 Å². The Bertz CT molecular complexity index is 481. The number of unbranched alkanes of at least 4 members (excludes halogenated alkanes) is 1. The quantitative estimate of drug-likeness (QED) is 0.452. The minimum atomic E-state index is 0.578. The summed E-state index contributed by atoms with van der Waals surface area (Å²) in [6, 6.07) is 8.16. The average Bonchev–Trinajstić information content (AvgIpc) is 2.71. The Morgan fingerprint density at radius 3 is 3.00 bits per heavy atom. The molecule has 16 heavy (non-hydrogen) atoms. The lowest BCUT2D eigenvalue weighted by Crippen LogP contribution is -1.86. The van der Waals surface area contributed by atoms with Gasteiger partial charge in [-0.15, -0.1) is 11.3 Å². The van der Waals surface area contributed by atoms with E-state index in [0.29, 0.717) is 6.54 Å². The number of nitrogens with zero attached hydrogens (tertiary/aromatic N) is 2. The van der Waals surface area contributed by atoms with Crippen LogP contribution in [0.1, 0.15) is 17.8 Å². The summed E-state index contributed by atoms with van der Waals surface area (Å²) in [6.07, 6.45) is 4.46. The first-order valence-corrected chi connectivity index (χ1v) is 6.10. The van der Waals surface area contributed by atoms with Crippen molar-refractivity contribution in [1.29, 1.82) is 0 Å². The van der Waals surface area contributed by atoms with Gasteiger partial charge in [0.2, 0.25) is 6.08 Å². The van der Waals surface area contributed by atoms with E-state index in [2.05, 4.69) is 16.0 Å². The first-order valence-electron chi connectivity index (χ1n) is 5.28. The molecule has 2 aromatic rings. The molecule has 3 nitrogen and oxygen atoms in total. The molecule has 1 aromatic carbocycles. The van der Waals surface area contributed by atoms with Crippen LogP contribution in [0.5, 0.6) is 0 Å². The summed E-state index contributed by atoms with van der Waals surface area (Å²) in [4.78, 5) is 17.9. The molecule has 0 bridgehead atoms. The van der Waals surface area contributed by atoms with Crippen molar-refractivity contribution >= 4 is 27.6 Å². The van der Waals surface area contributed by atoms with Gasteiger partial charge < -0.3 is 0 Å². The number of aryl methyl sites for hydroxylation is 1. The Labute approximate surface area is 97.9 Å². The molecule has 4 heteroatoms. The Morgan fingerprint density at radius 2 is 2.19 bits per heavy atom. The summed E-state index contributed by atoms with van der Waals surface area (Å²) in [5, 5.41) is 1.16. The molecule has 2 rings (SSSR count). The first kappa shape index (κ1) is 11.0. The number of carbonyl (C=O) groups excluding carboxylic acids is 1. The van der Waals surface area contributed by atoms with E-state index in [4.69, 9.17) is 0 Å². The van der Waals surface area contributed by atoms with Gasteiger partial charge in [0.15, 0.2) is 0 Å². The zero-order valence-electron chi connectivity index (χ0n) is 8.85. The van der Waals surface area contributed by atoms with Crippen molar-refractivity contribution in [2.24, 2.45) is 4.99 Å². The van der Waals surface area contributed by atoms with Crippen molar-refractivity contribution in [3.8, 4) is 0 Å². The fourth-order valence-electron chi connectivity index (χ4n) is 1.54. The van der Waals surface area contributed by atoms with Crippen LogP contribution in [0.4, 0.5) is 0 Å². The zero-order valence-corrected chi connectivity index (χ0v) is 9.67. The van der Waals surface area contributed by atoms with E-state index in [0.717, 1.165) is 29.8 Å². The van der Waals surface area contributed by atoms with Gasteiger partial charge in [-0.1, -0.05) is 12.1 Å². The number of aliphatic imine (C=N–C) groups is 1. The third kappa shape index (κ3) is 2.75. The maximum absolute atomic E-state index is 9.85. The molecule has 1 heterocycles. The van der Waals surface area contributed by atoms with Crippen LogP contribution in [0, 0.1) is 0 Å². The second-order valence-corrected chi connectivity index (χ2v) is 4.62. The summed E-state index contributed by atoms with van der Waals surface area (Å²) in [7, 11) is 0. The lowest BCUT2D eigenvalue weighted by atomic mass is 10.2. The molecule has 0 radical (unpaired) electrons. The van der Waals surface area contributed by atoms with Crippen LogP contribution in [-0.2, 0) is 11.2 Å². The number of para-hydroxylation sites is 1. The lowest BCUT2D eigenvalue weighted by molar-refractivity contribution is 0.562. The first-order chi connectivity index (χ1) is 7.90. The largest absolute Gasteiger partial charge is 0.241 e. The number of hydrogen-bond acceptors (Lipinski definition) is 4. The summed E-state index contributed by atoms with van der Waals surface area (Å²) in [6.45, 7) is 0.578. The molecule has 0 saturated heterocycles. The highest BCUT2D eigenvalue weighted by Crippen LogP contribution is 2.22. The van der Waals surface area contributed by atoms with Crippen molar-refractivity contribution in [3.63, 3.8) is 0 Å². The Hall–Kier alpha value is -1.51. The predicted octanol–water partition coefficient (Wildman–Crippen LogP) is 2.95. The van der Waals surface area contributed by atoms with Gasteiger partial charge in [-0.05, 0) is 31.4 Å². The molecule has 0 amide bonds. The summed E-state index contributed by atoms with van der Waals surface area (Å²) in [5.74, 6) is 0. The van der Waals surface area contributed by atoms with Gasteiger partial charge in [0, 0.05) is 0 Å². The number of isocyanates is 1. The Balaban J connectivity index is 1.92. The zero-order chi connectivity index (χ0) is 11.2. The maximum atomic E-state index is 9.85. The molecule has 0 fully saturated rings. The van der Waals surface area contributed by atoms with E-state index >= 15 is 0 Å². The number of hydrogen-bond donors (Lipinski definition) is 0. The van der Waals surface area contributed by atoms with E-state index < -0.39 is 0 Å². The van der Waals surface area contributed by atoms with E-state index in [-0.39, 0.29) is 0 Å². The second-order valence-electron chi connectivity index (χ2n) is 3.51. The van der Waals surface area contributed by atoms with Crippen molar-refractivity contribution in [3.05, 3.63) is 29.3 Å². The van der Waals surface area contributed by atoms with E-state index in [1.165, 1.54) is 4.70 Å². The number of fused-ring (bicyclic) bond motifs is 1. The number of thiazole rings is 1. The fraction of sp³-hybridized carbons (Fsp3) is 0.333. The van der Waals surface area contributed by atoms with Gasteiger partial charge in [-0.2, -0.15) is 0 Å². The third-order valence-electron chi connectivity index (χ3n) is 2.31. The van der Waals surface area contributed by atoms with Gasteiger partial charge >= 0.3 is 0 Å². The maximum Gasteiger partial charge on any atom is 0.234 e. The van der Waals surface area contributed by atoms with Crippen molar-refractivity contribution in [2.45, 2.75) is 19.3 Å². The summed E-state index contributed by atoms with van der Waals surface area (Å²) >= 11 is 1.74. The summed E-state index contributed by atoms with van der Waals surface area (Å²) < 4.78 is 1.24.